The van der Waals surface area contributed by atoms with Crippen molar-refractivity contribution >= 4 is 16.7 Å². The van der Waals surface area contributed by atoms with Crippen LogP contribution in [0.2, 0.25) is 0 Å². The first-order valence-corrected chi connectivity index (χ1v) is 10.2. The average molecular weight is 426 g/mol. The first-order valence-electron chi connectivity index (χ1n) is 10.2. The Morgan fingerprint density at radius 3 is 2.88 bits per heavy atom. The van der Waals surface area contributed by atoms with Gasteiger partial charge < -0.3 is 14.3 Å². The predicted molar refractivity (Wildman–Crippen MR) is 113 cm³/mol. The maximum absolute atomic E-state index is 13.5. The topological polar surface area (TPSA) is 119 Å². The van der Waals surface area contributed by atoms with Gasteiger partial charge in [0.1, 0.15) is 6.04 Å². The highest BCUT2D eigenvalue weighted by Gasteiger charge is 2.37. The molecule has 1 aliphatic rings. The maximum atomic E-state index is 13.5. The van der Waals surface area contributed by atoms with Gasteiger partial charge in [0.15, 0.2) is 0 Å². The number of pyridine rings is 1. The lowest BCUT2D eigenvalue weighted by Crippen LogP contribution is -2.41. The van der Waals surface area contributed by atoms with E-state index in [4.69, 9.17) is 4.42 Å². The van der Waals surface area contributed by atoms with Crippen molar-refractivity contribution < 1.29 is 9.21 Å². The van der Waals surface area contributed by atoms with Gasteiger partial charge in [-0.3, -0.25) is 14.5 Å². The van der Waals surface area contributed by atoms with E-state index in [1.807, 2.05) is 36.5 Å². The Morgan fingerprint density at radius 1 is 1.16 bits per heavy atom. The zero-order chi connectivity index (χ0) is 21.7. The number of benzene rings is 1. The van der Waals surface area contributed by atoms with Crippen LogP contribution in [0.3, 0.4) is 0 Å². The van der Waals surface area contributed by atoms with E-state index in [-0.39, 0.29) is 17.7 Å². The third-order valence-electron chi connectivity index (χ3n) is 5.68. The monoisotopic (exact) mass is 426 g/mol. The Bertz CT molecular complexity index is 1450. The van der Waals surface area contributed by atoms with Crippen molar-refractivity contribution in [1.29, 1.82) is 0 Å². The van der Waals surface area contributed by atoms with Gasteiger partial charge in [0.2, 0.25) is 0 Å². The van der Waals surface area contributed by atoms with E-state index in [1.165, 1.54) is 0 Å². The zero-order valence-corrected chi connectivity index (χ0v) is 17.1. The molecule has 4 aromatic heterocycles. The summed E-state index contributed by atoms with van der Waals surface area (Å²) < 4.78 is 7.34. The molecule has 1 aliphatic heterocycles. The molecule has 0 aliphatic carbocycles. The molecular formula is C22H18N8O2. The van der Waals surface area contributed by atoms with E-state index >= 15 is 0 Å². The number of fused-ring (bicyclic) bond motifs is 2. The van der Waals surface area contributed by atoms with Gasteiger partial charge in [0.25, 0.3) is 5.89 Å². The summed E-state index contributed by atoms with van der Waals surface area (Å²) in [6.45, 7) is 0.470. The van der Waals surface area contributed by atoms with Crippen LogP contribution in [0.25, 0.3) is 22.2 Å². The molecule has 0 radical (unpaired) electrons. The molecule has 10 heteroatoms. The summed E-state index contributed by atoms with van der Waals surface area (Å²) in [5.74, 6) is -0.186. The summed E-state index contributed by atoms with van der Waals surface area (Å²) in [6, 6.07) is 9.53. The fourth-order valence-corrected chi connectivity index (χ4v) is 4.13. The van der Waals surface area contributed by atoms with Crippen LogP contribution in [0.4, 0.5) is 0 Å². The SMILES string of the molecule is Cn1cc(-c2nnc(C(=O)N3CCc4[nH]cnc4[C@@H]3c3cc4ccccc4cn3)o2)cn1. The summed E-state index contributed by atoms with van der Waals surface area (Å²) in [7, 11) is 1.79. The van der Waals surface area contributed by atoms with Crippen LogP contribution < -0.4 is 0 Å². The van der Waals surface area contributed by atoms with Gasteiger partial charge >= 0.3 is 11.8 Å². The molecule has 0 unspecified atom stereocenters. The molecule has 0 bridgehead atoms. The van der Waals surface area contributed by atoms with Gasteiger partial charge in [0.05, 0.1) is 29.5 Å². The number of amides is 1. The number of imidazole rings is 1. The molecule has 10 nitrogen and oxygen atoms in total. The minimum Gasteiger partial charge on any atom is -0.412 e. The van der Waals surface area contributed by atoms with Gasteiger partial charge in [-0.05, 0) is 11.5 Å². The van der Waals surface area contributed by atoms with Crippen LogP contribution in [-0.2, 0) is 13.5 Å². The molecule has 1 atom stereocenters. The van der Waals surface area contributed by atoms with E-state index < -0.39 is 6.04 Å². The number of rotatable bonds is 3. The number of carbonyl (C=O) groups excluding carboxylic acids is 1. The second-order valence-electron chi connectivity index (χ2n) is 7.69. The molecule has 0 spiro atoms. The summed E-state index contributed by atoms with van der Waals surface area (Å²) in [6.07, 6.45) is 7.48. The Kier molecular flexibility index (Phi) is 4.10. The minimum atomic E-state index is -0.462. The Hall–Kier alpha value is -4.34. The van der Waals surface area contributed by atoms with E-state index in [2.05, 4.69) is 30.2 Å². The maximum Gasteiger partial charge on any atom is 0.312 e. The van der Waals surface area contributed by atoms with Gasteiger partial charge in [-0.1, -0.05) is 24.3 Å². The highest BCUT2D eigenvalue weighted by molar-refractivity contribution is 5.91. The van der Waals surface area contributed by atoms with E-state index in [9.17, 15) is 4.79 Å². The summed E-state index contributed by atoms with van der Waals surface area (Å²) in [4.78, 5) is 27.5. The van der Waals surface area contributed by atoms with Crippen molar-refractivity contribution in [3.63, 3.8) is 0 Å². The molecule has 0 saturated carbocycles. The number of aromatic nitrogens is 7. The summed E-state index contributed by atoms with van der Waals surface area (Å²) >= 11 is 0. The van der Waals surface area contributed by atoms with E-state index in [1.54, 1.807) is 35.4 Å². The highest BCUT2D eigenvalue weighted by atomic mass is 16.4. The number of hydrogen-bond donors (Lipinski definition) is 1. The van der Waals surface area contributed by atoms with Gasteiger partial charge in [-0.2, -0.15) is 5.10 Å². The lowest BCUT2D eigenvalue weighted by molar-refractivity contribution is 0.0647. The van der Waals surface area contributed by atoms with Crippen LogP contribution in [0, 0.1) is 0 Å². The summed E-state index contributed by atoms with van der Waals surface area (Å²) in [5, 5.41) is 14.2. The van der Waals surface area contributed by atoms with Crippen molar-refractivity contribution in [1.82, 2.24) is 39.8 Å². The van der Waals surface area contributed by atoms with Gasteiger partial charge in [0, 0.05) is 43.5 Å². The number of carbonyl (C=O) groups is 1. The molecule has 1 amide bonds. The van der Waals surface area contributed by atoms with Crippen molar-refractivity contribution in [2.75, 3.05) is 6.54 Å². The Morgan fingerprint density at radius 2 is 2.03 bits per heavy atom. The molecule has 158 valence electrons. The van der Waals surface area contributed by atoms with Crippen molar-refractivity contribution in [2.45, 2.75) is 12.5 Å². The third-order valence-corrected chi connectivity index (χ3v) is 5.68. The fourth-order valence-electron chi connectivity index (χ4n) is 4.13. The van der Waals surface area contributed by atoms with Crippen LogP contribution >= 0.6 is 0 Å². The van der Waals surface area contributed by atoms with Crippen LogP contribution in [0.1, 0.15) is 33.8 Å². The normalized spacial score (nSPS) is 15.8. The van der Waals surface area contributed by atoms with Crippen LogP contribution in [-0.4, -0.2) is 52.3 Å². The first-order chi connectivity index (χ1) is 15.7. The second kappa shape index (κ2) is 7.12. The highest BCUT2D eigenvalue weighted by Crippen LogP contribution is 2.34. The molecule has 1 aromatic carbocycles. The Labute approximate surface area is 181 Å². The lowest BCUT2D eigenvalue weighted by Gasteiger charge is -2.33. The number of hydrogen-bond acceptors (Lipinski definition) is 7. The average Bonchev–Trinajstić information content (AvgIpc) is 3.58. The smallest absolute Gasteiger partial charge is 0.312 e. The third kappa shape index (κ3) is 2.96. The van der Waals surface area contributed by atoms with Gasteiger partial charge in [-0.15, -0.1) is 10.2 Å². The molecule has 5 heterocycles. The van der Waals surface area contributed by atoms with Crippen LogP contribution in [0.5, 0.6) is 0 Å². The van der Waals surface area contributed by atoms with Gasteiger partial charge in [-0.25, -0.2) is 4.98 Å². The molecule has 32 heavy (non-hydrogen) atoms. The molecular weight excluding hydrogens is 408 g/mol. The number of nitrogens with one attached hydrogen (secondary N) is 1. The van der Waals surface area contributed by atoms with Crippen molar-refractivity contribution in [2.24, 2.45) is 7.05 Å². The van der Waals surface area contributed by atoms with Crippen molar-refractivity contribution in [3.05, 3.63) is 78.2 Å². The molecule has 6 rings (SSSR count). The first kappa shape index (κ1) is 18.4. The van der Waals surface area contributed by atoms with E-state index in [0.29, 0.717) is 18.5 Å². The summed E-state index contributed by atoms with van der Waals surface area (Å²) in [5.41, 5.74) is 3.16. The lowest BCUT2D eigenvalue weighted by atomic mass is 9.98. The quantitative estimate of drug-likeness (QED) is 0.471. The fraction of sp³-hybridized carbons (Fsp3) is 0.182. The van der Waals surface area contributed by atoms with Crippen molar-refractivity contribution in [3.8, 4) is 11.5 Å². The minimum absolute atomic E-state index is 0.0753. The number of aryl methyl sites for hydroxylation is 1. The molecule has 0 fully saturated rings. The largest absolute Gasteiger partial charge is 0.412 e. The number of aromatic amines is 1. The number of nitrogens with zero attached hydrogens (tertiary/aromatic N) is 7. The molecule has 5 aromatic rings. The standard InChI is InChI=1S/C22H18N8O2/c1-29-11-15(10-26-29)20-27-28-21(32-20)22(31)30-7-6-16-18(25-12-24-16)19(30)17-8-13-4-2-3-5-14(13)9-23-17/h2-5,8-12,19H,6-7H2,1H3,(H,24,25)/t19-/m0/s1. The predicted octanol–water partition coefficient (Wildman–Crippen LogP) is 2.53. The molecule has 1 N–H and O–H groups in total. The molecule has 0 saturated heterocycles. The van der Waals surface area contributed by atoms with E-state index in [0.717, 1.165) is 27.9 Å². The Balaban J connectivity index is 1.40. The van der Waals surface area contributed by atoms with Crippen LogP contribution in [0.15, 0.2) is 59.7 Å². The second-order valence-corrected chi connectivity index (χ2v) is 7.69. The zero-order valence-electron chi connectivity index (χ0n) is 17.1. The number of H-pyrrole nitrogens is 1.